The number of hydrogen-bond acceptors (Lipinski definition) is 4. The molecule has 160 valence electrons. The maximum Gasteiger partial charge on any atom is 0.212 e. The molecular formula is C22H33IN4O2. The topological polar surface area (TPSA) is 78.8 Å². The summed E-state index contributed by atoms with van der Waals surface area (Å²) in [6, 6.07) is 11.9. The van der Waals surface area contributed by atoms with Crippen LogP contribution >= 0.6 is 24.0 Å². The molecule has 0 bridgehead atoms. The fraction of sp³-hybridized carbons (Fsp3) is 0.455. The molecule has 0 fully saturated rings. The highest BCUT2D eigenvalue weighted by atomic mass is 127. The molecule has 2 rings (SSSR count). The normalized spacial score (nSPS) is 12.7. The van der Waals surface area contributed by atoms with Gasteiger partial charge in [0.1, 0.15) is 0 Å². The van der Waals surface area contributed by atoms with Crippen LogP contribution in [0.1, 0.15) is 50.5 Å². The Morgan fingerprint density at radius 1 is 1.14 bits per heavy atom. The van der Waals surface area contributed by atoms with Gasteiger partial charge in [-0.1, -0.05) is 51.1 Å². The van der Waals surface area contributed by atoms with Crippen molar-refractivity contribution in [3.63, 3.8) is 0 Å². The maximum atomic E-state index is 10.5. The minimum absolute atomic E-state index is 0. The van der Waals surface area contributed by atoms with Crippen molar-refractivity contribution in [2.45, 2.75) is 45.8 Å². The van der Waals surface area contributed by atoms with Crippen LogP contribution in [0.15, 0.2) is 47.6 Å². The zero-order valence-corrected chi connectivity index (χ0v) is 20.2. The van der Waals surface area contributed by atoms with Gasteiger partial charge in [-0.15, -0.1) is 24.0 Å². The molecule has 6 nitrogen and oxygen atoms in total. The fourth-order valence-corrected chi connectivity index (χ4v) is 2.65. The van der Waals surface area contributed by atoms with Crippen LogP contribution in [0.5, 0.6) is 5.88 Å². The summed E-state index contributed by atoms with van der Waals surface area (Å²) in [5.41, 5.74) is 3.22. The van der Waals surface area contributed by atoms with E-state index in [0.29, 0.717) is 24.9 Å². The third kappa shape index (κ3) is 8.18. The second kappa shape index (κ2) is 12.0. The summed E-state index contributed by atoms with van der Waals surface area (Å²) in [7, 11) is 1.59. The van der Waals surface area contributed by atoms with E-state index in [0.717, 1.165) is 17.7 Å². The molecule has 3 N–H and O–H groups in total. The molecule has 0 amide bonds. The van der Waals surface area contributed by atoms with Crippen molar-refractivity contribution in [3.8, 4) is 5.88 Å². The lowest BCUT2D eigenvalue weighted by atomic mass is 9.86. The number of benzene rings is 1. The van der Waals surface area contributed by atoms with E-state index in [-0.39, 0.29) is 29.4 Å². The molecule has 1 atom stereocenters. The van der Waals surface area contributed by atoms with Gasteiger partial charge in [-0.25, -0.2) is 9.98 Å². The Hall–Kier alpha value is -1.87. The van der Waals surface area contributed by atoms with Gasteiger partial charge < -0.3 is 20.5 Å². The number of aliphatic hydroxyl groups excluding tert-OH is 1. The largest absolute Gasteiger partial charge is 0.481 e. The number of aromatic nitrogens is 1. The summed E-state index contributed by atoms with van der Waals surface area (Å²) in [6.07, 6.45) is 1.14. The fourth-order valence-electron chi connectivity index (χ4n) is 2.65. The first-order valence-corrected chi connectivity index (χ1v) is 9.63. The number of pyridine rings is 1. The minimum atomic E-state index is -0.611. The van der Waals surface area contributed by atoms with Crippen LogP contribution < -0.4 is 15.4 Å². The van der Waals surface area contributed by atoms with E-state index in [4.69, 9.17) is 4.74 Å². The summed E-state index contributed by atoms with van der Waals surface area (Å²) in [6.45, 7) is 10.1. The zero-order valence-electron chi connectivity index (χ0n) is 17.9. The molecule has 0 saturated heterocycles. The lowest BCUT2D eigenvalue weighted by Crippen LogP contribution is -2.39. The van der Waals surface area contributed by atoms with Crippen molar-refractivity contribution in [2.75, 3.05) is 20.2 Å². The number of guanidine groups is 1. The molecule has 29 heavy (non-hydrogen) atoms. The Balaban J connectivity index is 0.00000420. The first-order valence-electron chi connectivity index (χ1n) is 9.63. The van der Waals surface area contributed by atoms with E-state index in [9.17, 15) is 5.11 Å². The molecule has 1 aromatic heterocycles. The Kier molecular flexibility index (Phi) is 10.4. The Bertz CT molecular complexity index is 756. The number of hydrogen-bond donors (Lipinski definition) is 3. The monoisotopic (exact) mass is 512 g/mol. The summed E-state index contributed by atoms with van der Waals surface area (Å²) >= 11 is 0. The van der Waals surface area contributed by atoms with Crippen LogP contribution in [0.3, 0.4) is 0 Å². The van der Waals surface area contributed by atoms with E-state index in [1.54, 1.807) is 13.3 Å². The molecule has 0 aliphatic heterocycles. The van der Waals surface area contributed by atoms with Gasteiger partial charge in [0.05, 0.1) is 19.8 Å². The highest BCUT2D eigenvalue weighted by Gasteiger charge is 2.14. The summed E-state index contributed by atoms with van der Waals surface area (Å²) in [4.78, 5) is 8.74. The molecule has 0 radical (unpaired) electrons. The molecule has 7 heteroatoms. The van der Waals surface area contributed by atoms with E-state index in [1.165, 1.54) is 5.56 Å². The van der Waals surface area contributed by atoms with E-state index >= 15 is 0 Å². The second-order valence-electron chi connectivity index (χ2n) is 7.67. The first-order chi connectivity index (χ1) is 13.3. The lowest BCUT2D eigenvalue weighted by molar-refractivity contribution is 0.181. The van der Waals surface area contributed by atoms with Gasteiger partial charge in [-0.2, -0.15) is 0 Å². The number of nitrogens with zero attached hydrogens (tertiary/aromatic N) is 2. The quantitative estimate of drug-likeness (QED) is 0.299. The number of aliphatic imine (C=N–C) groups is 1. The number of rotatable bonds is 7. The minimum Gasteiger partial charge on any atom is -0.481 e. The number of aliphatic hydroxyl groups is 1. The summed E-state index contributed by atoms with van der Waals surface area (Å²) < 4.78 is 5.07. The average Bonchev–Trinajstić information content (AvgIpc) is 2.69. The van der Waals surface area contributed by atoms with Crippen LogP contribution in [-0.4, -0.2) is 36.2 Å². The highest BCUT2D eigenvalue weighted by molar-refractivity contribution is 14.0. The molecule has 0 spiro atoms. The molecule has 2 aromatic rings. The SMILES string of the molecule is CCNC(=NCc1ccc(OC)nc1)NCC(O)c1ccc(C(C)(C)C)cc1.I. The molecule has 1 heterocycles. The summed E-state index contributed by atoms with van der Waals surface area (Å²) in [5.74, 6) is 1.24. The Morgan fingerprint density at radius 3 is 2.34 bits per heavy atom. The number of ether oxygens (including phenoxy) is 1. The molecule has 0 aliphatic carbocycles. The second-order valence-corrected chi connectivity index (χ2v) is 7.67. The van der Waals surface area contributed by atoms with Crippen LogP contribution in [0.4, 0.5) is 0 Å². The van der Waals surface area contributed by atoms with Crippen molar-refractivity contribution in [1.29, 1.82) is 0 Å². The van der Waals surface area contributed by atoms with Crippen LogP contribution in [0.2, 0.25) is 0 Å². The van der Waals surface area contributed by atoms with Gasteiger partial charge in [-0.3, -0.25) is 0 Å². The van der Waals surface area contributed by atoms with E-state index in [2.05, 4.69) is 53.5 Å². The van der Waals surface area contributed by atoms with Gasteiger partial charge in [0.2, 0.25) is 5.88 Å². The van der Waals surface area contributed by atoms with Crippen molar-refractivity contribution in [3.05, 3.63) is 59.3 Å². The zero-order chi connectivity index (χ0) is 20.6. The van der Waals surface area contributed by atoms with Crippen molar-refractivity contribution >= 4 is 29.9 Å². The average molecular weight is 512 g/mol. The molecule has 0 aliphatic rings. The molecule has 1 aromatic carbocycles. The van der Waals surface area contributed by atoms with Gasteiger partial charge in [0.25, 0.3) is 0 Å². The predicted octanol–water partition coefficient (Wildman–Crippen LogP) is 3.79. The molecule has 0 saturated carbocycles. The van der Waals surface area contributed by atoms with E-state index < -0.39 is 6.10 Å². The van der Waals surface area contributed by atoms with Crippen LogP contribution in [0, 0.1) is 0 Å². The standard InChI is InChI=1S/C22H32N4O2.HI/c1-6-23-21(25-14-16-7-12-20(28-5)24-13-16)26-15-19(27)17-8-10-18(11-9-17)22(2,3)4;/h7-13,19,27H,6,14-15H2,1-5H3,(H2,23,25,26);1H. The van der Waals surface area contributed by atoms with Crippen molar-refractivity contribution in [1.82, 2.24) is 15.6 Å². The third-order valence-electron chi connectivity index (χ3n) is 4.40. The smallest absolute Gasteiger partial charge is 0.212 e. The van der Waals surface area contributed by atoms with Gasteiger partial charge in [-0.05, 0) is 29.0 Å². The van der Waals surface area contributed by atoms with Crippen LogP contribution in [0.25, 0.3) is 0 Å². The predicted molar refractivity (Wildman–Crippen MR) is 129 cm³/mol. The van der Waals surface area contributed by atoms with Gasteiger partial charge in [0, 0.05) is 25.4 Å². The highest BCUT2D eigenvalue weighted by Crippen LogP contribution is 2.23. The lowest BCUT2D eigenvalue weighted by Gasteiger charge is -2.20. The van der Waals surface area contributed by atoms with E-state index in [1.807, 2.05) is 31.2 Å². The van der Waals surface area contributed by atoms with Gasteiger partial charge in [0.15, 0.2) is 5.96 Å². The Labute approximate surface area is 191 Å². The molecular weight excluding hydrogens is 479 g/mol. The van der Waals surface area contributed by atoms with Crippen LogP contribution in [-0.2, 0) is 12.0 Å². The first kappa shape index (κ1) is 25.2. The Morgan fingerprint density at radius 2 is 1.83 bits per heavy atom. The molecule has 1 unspecified atom stereocenters. The van der Waals surface area contributed by atoms with Crippen molar-refractivity contribution < 1.29 is 9.84 Å². The number of methoxy groups -OCH3 is 1. The maximum absolute atomic E-state index is 10.5. The third-order valence-corrected chi connectivity index (χ3v) is 4.40. The van der Waals surface area contributed by atoms with Gasteiger partial charge >= 0.3 is 0 Å². The summed E-state index contributed by atoms with van der Waals surface area (Å²) in [5, 5.41) is 16.9. The number of halogens is 1. The van der Waals surface area contributed by atoms with Crippen molar-refractivity contribution in [2.24, 2.45) is 4.99 Å². The number of nitrogens with one attached hydrogen (secondary N) is 2.